The number of rotatable bonds is 15. The van der Waals surface area contributed by atoms with Gasteiger partial charge in [-0.05, 0) is 68.9 Å². The van der Waals surface area contributed by atoms with E-state index in [0.717, 1.165) is 37.5 Å². The summed E-state index contributed by atoms with van der Waals surface area (Å²) in [6, 6.07) is 16.4. The molecule has 214 valence electrons. The van der Waals surface area contributed by atoms with Crippen LogP contribution in [-0.2, 0) is 26.0 Å². The molecule has 1 atom stereocenters. The predicted octanol–water partition coefficient (Wildman–Crippen LogP) is 4.54. The fraction of sp³-hybridized carbons (Fsp3) is 0.533. The standard InChI is InChI=1S/C30H43N3O5S/c1-4-28(30(35)31-25-14-9-10-15-25)32(23-21-24-12-7-6-8-13-24)29(34)16-11-22-33(39(3,36)37)26-17-19-27(20-18-26)38-5-2/h6-8,12-13,17-20,25,28H,4-5,9-11,14-16,21-23H2,1-3H3,(H,31,35). The summed E-state index contributed by atoms with van der Waals surface area (Å²) in [5, 5.41) is 3.16. The maximum Gasteiger partial charge on any atom is 0.243 e. The fourth-order valence-corrected chi connectivity index (χ4v) is 6.11. The highest BCUT2D eigenvalue weighted by atomic mass is 32.2. The first kappa shape index (κ1) is 30.5. The van der Waals surface area contributed by atoms with E-state index in [0.29, 0.717) is 43.9 Å². The van der Waals surface area contributed by atoms with Crippen LogP contribution < -0.4 is 14.4 Å². The van der Waals surface area contributed by atoms with E-state index in [1.165, 1.54) is 4.31 Å². The van der Waals surface area contributed by atoms with Crippen LogP contribution in [0.3, 0.4) is 0 Å². The van der Waals surface area contributed by atoms with Crippen LogP contribution in [0.25, 0.3) is 0 Å². The number of sulfonamides is 1. The summed E-state index contributed by atoms with van der Waals surface area (Å²) in [7, 11) is -3.55. The van der Waals surface area contributed by atoms with E-state index in [1.54, 1.807) is 29.2 Å². The Bertz CT molecular complexity index is 1150. The average Bonchev–Trinajstić information content (AvgIpc) is 3.42. The van der Waals surface area contributed by atoms with Crippen molar-refractivity contribution in [1.82, 2.24) is 10.2 Å². The zero-order chi connectivity index (χ0) is 28.3. The summed E-state index contributed by atoms with van der Waals surface area (Å²) < 4.78 is 31.9. The molecular weight excluding hydrogens is 514 g/mol. The molecule has 39 heavy (non-hydrogen) atoms. The van der Waals surface area contributed by atoms with Gasteiger partial charge in [-0.1, -0.05) is 50.1 Å². The van der Waals surface area contributed by atoms with Crippen molar-refractivity contribution >= 4 is 27.5 Å². The van der Waals surface area contributed by atoms with Gasteiger partial charge >= 0.3 is 0 Å². The quantitative estimate of drug-likeness (QED) is 0.347. The number of hydrogen-bond acceptors (Lipinski definition) is 5. The second-order valence-electron chi connectivity index (χ2n) is 10.1. The van der Waals surface area contributed by atoms with Gasteiger partial charge in [0.2, 0.25) is 21.8 Å². The molecule has 1 saturated carbocycles. The monoisotopic (exact) mass is 557 g/mol. The van der Waals surface area contributed by atoms with Crippen molar-refractivity contribution < 1.29 is 22.7 Å². The minimum Gasteiger partial charge on any atom is -0.494 e. The summed E-state index contributed by atoms with van der Waals surface area (Å²) in [4.78, 5) is 28.5. The smallest absolute Gasteiger partial charge is 0.243 e. The zero-order valence-electron chi connectivity index (χ0n) is 23.5. The van der Waals surface area contributed by atoms with Crippen LogP contribution in [0.15, 0.2) is 54.6 Å². The predicted molar refractivity (Wildman–Crippen MR) is 155 cm³/mol. The van der Waals surface area contributed by atoms with Gasteiger partial charge < -0.3 is 15.0 Å². The topological polar surface area (TPSA) is 96.0 Å². The number of carbonyl (C=O) groups is 2. The maximum atomic E-state index is 13.6. The lowest BCUT2D eigenvalue weighted by Gasteiger charge is -2.32. The van der Waals surface area contributed by atoms with Gasteiger partial charge in [0.1, 0.15) is 11.8 Å². The lowest BCUT2D eigenvalue weighted by Crippen LogP contribution is -2.52. The second-order valence-corrected chi connectivity index (χ2v) is 12.0. The highest BCUT2D eigenvalue weighted by Crippen LogP contribution is 2.23. The summed E-state index contributed by atoms with van der Waals surface area (Å²) >= 11 is 0. The van der Waals surface area contributed by atoms with Crippen molar-refractivity contribution in [3.8, 4) is 5.75 Å². The van der Waals surface area contributed by atoms with Crippen molar-refractivity contribution in [2.45, 2.75) is 77.3 Å². The Balaban J connectivity index is 1.70. The van der Waals surface area contributed by atoms with Crippen molar-refractivity contribution in [2.75, 3.05) is 30.3 Å². The van der Waals surface area contributed by atoms with Gasteiger partial charge in [-0.15, -0.1) is 0 Å². The molecule has 1 N–H and O–H groups in total. The van der Waals surface area contributed by atoms with Gasteiger partial charge in [-0.2, -0.15) is 0 Å². The lowest BCUT2D eigenvalue weighted by molar-refractivity contribution is -0.141. The van der Waals surface area contributed by atoms with Crippen molar-refractivity contribution in [3.63, 3.8) is 0 Å². The number of carbonyl (C=O) groups excluding carboxylic acids is 2. The number of ether oxygens (including phenoxy) is 1. The normalized spacial score (nSPS) is 14.5. The van der Waals surface area contributed by atoms with Crippen LogP contribution in [0.1, 0.15) is 64.4 Å². The van der Waals surface area contributed by atoms with E-state index in [9.17, 15) is 18.0 Å². The van der Waals surface area contributed by atoms with E-state index in [1.807, 2.05) is 44.2 Å². The Labute approximate surface area is 233 Å². The zero-order valence-corrected chi connectivity index (χ0v) is 24.3. The van der Waals surface area contributed by atoms with E-state index in [-0.39, 0.29) is 30.8 Å². The first-order chi connectivity index (χ1) is 18.7. The van der Waals surface area contributed by atoms with Crippen LogP contribution >= 0.6 is 0 Å². The van der Waals surface area contributed by atoms with Gasteiger partial charge in [0, 0.05) is 25.6 Å². The average molecular weight is 558 g/mol. The lowest BCUT2D eigenvalue weighted by atomic mass is 10.1. The first-order valence-corrected chi connectivity index (χ1v) is 15.9. The molecule has 0 spiro atoms. The molecule has 8 nitrogen and oxygen atoms in total. The maximum absolute atomic E-state index is 13.6. The minimum atomic E-state index is -3.55. The van der Waals surface area contributed by atoms with Crippen molar-refractivity contribution in [3.05, 3.63) is 60.2 Å². The van der Waals surface area contributed by atoms with Crippen LogP contribution in [-0.4, -0.2) is 63.2 Å². The van der Waals surface area contributed by atoms with E-state index in [2.05, 4.69) is 5.32 Å². The molecule has 1 aliphatic carbocycles. The first-order valence-electron chi connectivity index (χ1n) is 14.1. The number of nitrogens with one attached hydrogen (secondary N) is 1. The summed E-state index contributed by atoms with van der Waals surface area (Å²) in [5.74, 6) is 0.429. The number of hydrogen-bond donors (Lipinski definition) is 1. The number of nitrogens with zero attached hydrogens (tertiary/aromatic N) is 2. The molecule has 0 aliphatic heterocycles. The summed E-state index contributed by atoms with van der Waals surface area (Å²) in [5.41, 5.74) is 1.62. The molecule has 2 aromatic rings. The number of benzene rings is 2. The third kappa shape index (κ3) is 9.27. The van der Waals surface area contributed by atoms with Gasteiger partial charge in [0.15, 0.2) is 0 Å². The van der Waals surface area contributed by atoms with Gasteiger partial charge in [-0.3, -0.25) is 13.9 Å². The van der Waals surface area contributed by atoms with E-state index < -0.39 is 16.1 Å². The molecule has 0 aromatic heterocycles. The van der Waals surface area contributed by atoms with Gasteiger partial charge in [0.25, 0.3) is 0 Å². The summed E-state index contributed by atoms with van der Waals surface area (Å²) in [6.07, 6.45) is 6.99. The number of anilines is 1. The Morgan fingerprint density at radius 3 is 2.26 bits per heavy atom. The molecule has 3 rings (SSSR count). The van der Waals surface area contributed by atoms with Gasteiger partial charge in [-0.25, -0.2) is 8.42 Å². The van der Waals surface area contributed by atoms with Gasteiger partial charge in [0.05, 0.1) is 18.6 Å². The molecule has 2 aromatic carbocycles. The molecule has 0 saturated heterocycles. The molecule has 9 heteroatoms. The minimum absolute atomic E-state index is 0.0991. The van der Waals surface area contributed by atoms with E-state index in [4.69, 9.17) is 4.74 Å². The van der Waals surface area contributed by atoms with Crippen LogP contribution in [0.2, 0.25) is 0 Å². The molecule has 2 amide bonds. The van der Waals surface area contributed by atoms with Crippen molar-refractivity contribution in [1.29, 1.82) is 0 Å². The Kier molecular flexibility index (Phi) is 11.7. The third-order valence-electron chi connectivity index (χ3n) is 7.16. The molecule has 0 radical (unpaired) electrons. The Hall–Kier alpha value is -3.07. The van der Waals surface area contributed by atoms with E-state index >= 15 is 0 Å². The number of amides is 2. The Morgan fingerprint density at radius 2 is 1.67 bits per heavy atom. The molecular formula is C30H43N3O5S. The third-order valence-corrected chi connectivity index (χ3v) is 8.35. The summed E-state index contributed by atoms with van der Waals surface area (Å²) in [6.45, 7) is 4.93. The molecule has 0 heterocycles. The highest BCUT2D eigenvalue weighted by molar-refractivity contribution is 7.92. The van der Waals surface area contributed by atoms with Crippen molar-refractivity contribution in [2.24, 2.45) is 0 Å². The van der Waals surface area contributed by atoms with Crippen LogP contribution in [0, 0.1) is 0 Å². The SMILES string of the molecule is CCOc1ccc(N(CCCC(=O)N(CCc2ccccc2)C(CC)C(=O)NC2CCCC2)S(C)(=O)=O)cc1. The molecule has 1 fully saturated rings. The van der Waals surface area contributed by atoms with Crippen LogP contribution in [0.5, 0.6) is 5.75 Å². The fourth-order valence-electron chi connectivity index (χ4n) is 5.14. The van der Waals surface area contributed by atoms with Crippen LogP contribution in [0.4, 0.5) is 5.69 Å². The molecule has 1 aliphatic rings. The molecule has 0 bridgehead atoms. The Morgan fingerprint density at radius 1 is 1.00 bits per heavy atom. The second kappa shape index (κ2) is 14.9. The molecule has 1 unspecified atom stereocenters. The largest absolute Gasteiger partial charge is 0.494 e. The highest BCUT2D eigenvalue weighted by Gasteiger charge is 2.30.